The Kier molecular flexibility index (Phi) is 6.59. The molecule has 0 aromatic heterocycles. The number of Topliss-reactive ketones (excluding diaryl/α,β-unsaturated/α-hetero) is 1. The zero-order valence-corrected chi connectivity index (χ0v) is 16.7. The molecule has 0 spiro atoms. The molecule has 0 bridgehead atoms. The lowest BCUT2D eigenvalue weighted by molar-refractivity contribution is -0.387. The molecule has 2 aromatic rings. The molecule has 7 nitrogen and oxygen atoms in total. The van der Waals surface area contributed by atoms with Gasteiger partial charge in [-0.25, -0.2) is 13.1 Å². The number of hydrogen-bond acceptors (Lipinski definition) is 5. The molecule has 2 aromatic carbocycles. The number of ketones is 1. The lowest BCUT2D eigenvalue weighted by atomic mass is 9.92. The van der Waals surface area contributed by atoms with Gasteiger partial charge in [-0.05, 0) is 30.7 Å². The van der Waals surface area contributed by atoms with Crippen LogP contribution in [0.1, 0.15) is 25.5 Å². The van der Waals surface area contributed by atoms with Crippen LogP contribution in [0.5, 0.6) is 0 Å². The van der Waals surface area contributed by atoms with E-state index in [0.29, 0.717) is 5.56 Å². The molecular formula is C17H16Cl2N2O5S. The van der Waals surface area contributed by atoms with Crippen LogP contribution in [-0.2, 0) is 14.8 Å². The summed E-state index contributed by atoms with van der Waals surface area (Å²) in [5, 5.41) is 11.6. The van der Waals surface area contributed by atoms with E-state index < -0.39 is 37.5 Å². The average Bonchev–Trinajstić information content (AvgIpc) is 2.61. The van der Waals surface area contributed by atoms with Crippen LogP contribution >= 0.6 is 23.2 Å². The van der Waals surface area contributed by atoms with Gasteiger partial charge in [0.25, 0.3) is 5.69 Å². The summed E-state index contributed by atoms with van der Waals surface area (Å²) in [6.07, 6.45) is 0. The van der Waals surface area contributed by atoms with Gasteiger partial charge in [-0.3, -0.25) is 14.9 Å². The zero-order valence-electron chi connectivity index (χ0n) is 14.3. The summed E-state index contributed by atoms with van der Waals surface area (Å²) in [7, 11) is -4.30. The summed E-state index contributed by atoms with van der Waals surface area (Å²) >= 11 is 11.9. The maximum Gasteiger partial charge on any atom is 0.289 e. The molecule has 0 heterocycles. The molecule has 0 saturated heterocycles. The number of benzene rings is 2. The summed E-state index contributed by atoms with van der Waals surface area (Å²) < 4.78 is 28.1. The van der Waals surface area contributed by atoms with Gasteiger partial charge < -0.3 is 0 Å². The van der Waals surface area contributed by atoms with Gasteiger partial charge in [-0.1, -0.05) is 48.3 Å². The van der Waals surface area contributed by atoms with Crippen molar-refractivity contribution in [2.45, 2.75) is 24.8 Å². The molecule has 0 radical (unpaired) electrons. The van der Waals surface area contributed by atoms with Gasteiger partial charge in [0.1, 0.15) is 5.78 Å². The molecule has 144 valence electrons. The van der Waals surface area contributed by atoms with E-state index in [1.54, 1.807) is 13.0 Å². The van der Waals surface area contributed by atoms with Crippen molar-refractivity contribution in [3.8, 4) is 0 Å². The molecule has 0 unspecified atom stereocenters. The van der Waals surface area contributed by atoms with E-state index >= 15 is 0 Å². The number of halogens is 2. The van der Waals surface area contributed by atoms with Crippen LogP contribution < -0.4 is 4.72 Å². The Morgan fingerprint density at radius 3 is 2.33 bits per heavy atom. The molecule has 0 saturated carbocycles. The van der Waals surface area contributed by atoms with Crippen LogP contribution in [0.25, 0.3) is 0 Å². The first kappa shape index (κ1) is 21.3. The second-order valence-corrected chi connectivity index (χ2v) is 8.39. The van der Waals surface area contributed by atoms with Crippen molar-refractivity contribution in [3.05, 3.63) is 68.2 Å². The first-order chi connectivity index (χ1) is 12.5. The predicted molar refractivity (Wildman–Crippen MR) is 102 cm³/mol. The maximum absolute atomic E-state index is 12.8. The van der Waals surface area contributed by atoms with E-state index in [-0.39, 0.29) is 15.8 Å². The highest BCUT2D eigenvalue weighted by atomic mass is 35.5. The van der Waals surface area contributed by atoms with Gasteiger partial charge in [0, 0.05) is 12.0 Å². The van der Waals surface area contributed by atoms with Gasteiger partial charge in [0.2, 0.25) is 10.0 Å². The lowest BCUT2D eigenvalue weighted by Gasteiger charge is -2.24. The second kappa shape index (κ2) is 8.35. The molecule has 0 aliphatic rings. The van der Waals surface area contributed by atoms with E-state index in [9.17, 15) is 23.3 Å². The highest BCUT2D eigenvalue weighted by molar-refractivity contribution is 7.89. The fourth-order valence-electron chi connectivity index (χ4n) is 2.47. The maximum atomic E-state index is 12.8. The summed E-state index contributed by atoms with van der Waals surface area (Å²) in [6.45, 7) is 2.88. The number of nitro groups is 1. The van der Waals surface area contributed by atoms with E-state index in [4.69, 9.17) is 23.2 Å². The number of nitrogens with one attached hydrogen (secondary N) is 1. The van der Waals surface area contributed by atoms with Crippen molar-refractivity contribution < 1.29 is 18.1 Å². The van der Waals surface area contributed by atoms with E-state index in [2.05, 4.69) is 4.72 Å². The molecule has 1 N–H and O–H groups in total. The van der Waals surface area contributed by atoms with Crippen molar-refractivity contribution in [3.63, 3.8) is 0 Å². The van der Waals surface area contributed by atoms with Crippen molar-refractivity contribution in [1.82, 2.24) is 4.72 Å². The molecular weight excluding hydrogens is 415 g/mol. The molecule has 0 fully saturated rings. The third kappa shape index (κ3) is 4.84. The minimum Gasteiger partial charge on any atom is -0.300 e. The number of para-hydroxylation sites is 1. The Morgan fingerprint density at radius 2 is 1.78 bits per heavy atom. The number of sulfonamides is 1. The molecule has 2 rings (SSSR count). The molecule has 0 amide bonds. The van der Waals surface area contributed by atoms with Crippen LogP contribution in [-0.4, -0.2) is 19.1 Å². The molecule has 10 heteroatoms. The van der Waals surface area contributed by atoms with Crippen molar-refractivity contribution >= 4 is 44.7 Å². The zero-order chi connectivity index (χ0) is 20.4. The summed E-state index contributed by atoms with van der Waals surface area (Å²) in [6, 6.07) is 8.47. The molecule has 0 aliphatic heterocycles. The van der Waals surface area contributed by atoms with Crippen molar-refractivity contribution in [2.75, 3.05) is 0 Å². The van der Waals surface area contributed by atoms with Crippen LogP contribution in [0, 0.1) is 16.0 Å². The normalized spacial score (nSPS) is 13.8. The van der Waals surface area contributed by atoms with Crippen molar-refractivity contribution in [1.29, 1.82) is 0 Å². The first-order valence-electron chi connectivity index (χ1n) is 7.75. The quantitative estimate of drug-likeness (QED) is 0.524. The van der Waals surface area contributed by atoms with E-state index in [1.807, 2.05) is 0 Å². The minimum atomic E-state index is -4.30. The smallest absolute Gasteiger partial charge is 0.289 e. The van der Waals surface area contributed by atoms with Crippen molar-refractivity contribution in [2.24, 2.45) is 5.92 Å². The fraction of sp³-hybridized carbons (Fsp3) is 0.235. The first-order valence-corrected chi connectivity index (χ1v) is 9.99. The third-order valence-corrected chi connectivity index (χ3v) is 6.31. The average molecular weight is 431 g/mol. The highest BCUT2D eigenvalue weighted by Gasteiger charge is 2.32. The van der Waals surface area contributed by atoms with Gasteiger partial charge in [-0.15, -0.1) is 0 Å². The Balaban J connectivity index is 2.53. The number of carbonyl (C=O) groups excluding carboxylic acids is 1. The number of nitrogens with zero attached hydrogens (tertiary/aromatic N) is 1. The van der Waals surface area contributed by atoms with Crippen LogP contribution in [0.3, 0.4) is 0 Å². The number of carbonyl (C=O) groups is 1. The number of rotatable bonds is 7. The Hall–Kier alpha value is -2.00. The predicted octanol–water partition coefficient (Wildman–Crippen LogP) is 4.15. The monoisotopic (exact) mass is 430 g/mol. The van der Waals surface area contributed by atoms with E-state index in [0.717, 1.165) is 12.1 Å². The largest absolute Gasteiger partial charge is 0.300 e. The Bertz CT molecular complexity index is 995. The second-order valence-electron chi connectivity index (χ2n) is 5.90. The van der Waals surface area contributed by atoms with Crippen LogP contribution in [0.4, 0.5) is 5.69 Å². The third-order valence-electron chi connectivity index (χ3n) is 4.08. The summed E-state index contributed by atoms with van der Waals surface area (Å²) in [5.74, 6) is -1.02. The van der Waals surface area contributed by atoms with Gasteiger partial charge in [0.05, 0.1) is 21.0 Å². The van der Waals surface area contributed by atoms with Crippen LogP contribution in [0.15, 0.2) is 47.4 Å². The standard InChI is InChI=1S/C17H16Cl2N2O5S/c1-10(11(2)22)17(12-7-8-13(18)14(19)9-12)20-27(25,26)16-6-4-3-5-15(16)21(23)24/h3-10,17,20H,1-2H3/t10-,17+/m0/s1. The highest BCUT2D eigenvalue weighted by Crippen LogP contribution is 2.32. The van der Waals surface area contributed by atoms with E-state index in [1.165, 1.54) is 31.2 Å². The summed E-state index contributed by atoms with van der Waals surface area (Å²) in [4.78, 5) is 21.8. The van der Waals surface area contributed by atoms with Gasteiger partial charge in [0.15, 0.2) is 4.90 Å². The number of hydrogen-bond donors (Lipinski definition) is 1. The molecule has 0 aliphatic carbocycles. The summed E-state index contributed by atoms with van der Waals surface area (Å²) in [5.41, 5.74) is -0.150. The molecule has 2 atom stereocenters. The van der Waals surface area contributed by atoms with Gasteiger partial charge >= 0.3 is 0 Å². The fourth-order valence-corrected chi connectivity index (χ4v) is 4.25. The number of nitro benzene ring substituents is 1. The topological polar surface area (TPSA) is 106 Å². The van der Waals surface area contributed by atoms with Crippen LogP contribution in [0.2, 0.25) is 10.0 Å². The SMILES string of the molecule is CC(=O)[C@H](C)[C@@H](NS(=O)(=O)c1ccccc1[N+](=O)[O-])c1ccc(Cl)c(Cl)c1. The Morgan fingerprint density at radius 1 is 1.15 bits per heavy atom. The Labute approximate surface area is 166 Å². The minimum absolute atomic E-state index is 0.194. The van der Waals surface area contributed by atoms with Gasteiger partial charge in [-0.2, -0.15) is 0 Å². The molecule has 27 heavy (non-hydrogen) atoms. The lowest BCUT2D eigenvalue weighted by Crippen LogP contribution is -2.35.